The van der Waals surface area contributed by atoms with Gasteiger partial charge in [0.2, 0.25) is 11.8 Å². The maximum absolute atomic E-state index is 13.1. The molecule has 0 aromatic rings. The van der Waals surface area contributed by atoms with Crippen LogP contribution in [0.15, 0.2) is 0 Å². The van der Waals surface area contributed by atoms with Gasteiger partial charge in [-0.15, -0.1) is 0 Å². The third kappa shape index (κ3) is 6.91. The van der Waals surface area contributed by atoms with Gasteiger partial charge in [0.15, 0.2) is 0 Å². The molecule has 4 unspecified atom stereocenters. The molecule has 3 heterocycles. The van der Waals surface area contributed by atoms with Crippen LogP contribution in [0.1, 0.15) is 58.3 Å². The third-order valence-corrected chi connectivity index (χ3v) is 8.55. The highest BCUT2D eigenvalue weighted by molar-refractivity contribution is 5.81. The lowest BCUT2D eigenvalue weighted by Crippen LogP contribution is -2.62. The molecule has 0 aromatic heterocycles. The Morgan fingerprint density at radius 1 is 1.06 bits per heavy atom. The molecule has 4 aliphatic rings. The fraction of sp³-hybridized carbons (Fsp3) is 0.920. The third-order valence-electron chi connectivity index (χ3n) is 8.55. The van der Waals surface area contributed by atoms with Gasteiger partial charge in [-0.05, 0) is 44.1 Å². The standard InChI is InChI=1S/C25H46N6O3/c1-18(32)31-11-8-21(9-12-31)28-24-13-23(26-17-27-24)25(34)29(2)15-22(33)16-30-10-7-19-5-3-4-6-20(19)14-30/h19-24,26-28,33H,3-17H2,1-2H3/t19?,20?,22-,23?,24?/m0/s1. The van der Waals surface area contributed by atoms with Crippen molar-refractivity contribution >= 4 is 11.8 Å². The van der Waals surface area contributed by atoms with Gasteiger partial charge in [-0.25, -0.2) is 0 Å². The average molecular weight is 479 g/mol. The zero-order chi connectivity index (χ0) is 24.1. The van der Waals surface area contributed by atoms with E-state index < -0.39 is 6.10 Å². The Hall–Kier alpha value is -1.26. The lowest BCUT2D eigenvalue weighted by Gasteiger charge is -2.42. The van der Waals surface area contributed by atoms with Crippen LogP contribution in [0.3, 0.4) is 0 Å². The normalized spacial score (nSPS) is 32.1. The first-order chi connectivity index (χ1) is 16.4. The zero-order valence-corrected chi connectivity index (χ0v) is 21.2. The molecule has 4 N–H and O–H groups in total. The van der Waals surface area contributed by atoms with Crippen molar-refractivity contribution in [3.8, 4) is 0 Å². The molecule has 194 valence electrons. The first-order valence-corrected chi connectivity index (χ1v) is 13.5. The maximum atomic E-state index is 13.1. The summed E-state index contributed by atoms with van der Waals surface area (Å²) in [5.74, 6) is 1.88. The number of nitrogens with zero attached hydrogens (tertiary/aromatic N) is 3. The van der Waals surface area contributed by atoms with Crippen LogP contribution in [0.4, 0.5) is 0 Å². The number of aliphatic hydroxyl groups is 1. The summed E-state index contributed by atoms with van der Waals surface area (Å²) in [5.41, 5.74) is 0. The largest absolute Gasteiger partial charge is 0.390 e. The van der Waals surface area contributed by atoms with Gasteiger partial charge in [-0.1, -0.05) is 19.3 Å². The SMILES string of the molecule is CC(=O)N1CCC(NC2CC(C(=O)N(C)C[C@H](O)CN3CCC4CCCCC4C3)NCN2)CC1. The summed E-state index contributed by atoms with van der Waals surface area (Å²) in [5, 5.41) is 21.1. The number of hydrogen-bond donors (Lipinski definition) is 4. The molecule has 0 radical (unpaired) electrons. The van der Waals surface area contributed by atoms with E-state index in [-0.39, 0.29) is 24.0 Å². The second kappa shape index (κ2) is 12.1. The summed E-state index contributed by atoms with van der Waals surface area (Å²) in [4.78, 5) is 30.7. The van der Waals surface area contributed by atoms with Gasteiger partial charge in [0, 0.05) is 65.8 Å². The van der Waals surface area contributed by atoms with Gasteiger partial charge in [-0.3, -0.25) is 25.5 Å². The molecular weight excluding hydrogens is 432 g/mol. The maximum Gasteiger partial charge on any atom is 0.239 e. The van der Waals surface area contributed by atoms with Gasteiger partial charge in [-0.2, -0.15) is 0 Å². The number of β-amino-alcohol motifs (C(OH)–C–C–N with tert-alkyl or cyclic N) is 1. The summed E-state index contributed by atoms with van der Waals surface area (Å²) in [6, 6.07) is 0.0982. The van der Waals surface area contributed by atoms with Gasteiger partial charge >= 0.3 is 0 Å². The van der Waals surface area contributed by atoms with Crippen molar-refractivity contribution in [2.24, 2.45) is 11.8 Å². The summed E-state index contributed by atoms with van der Waals surface area (Å²) in [7, 11) is 1.81. The zero-order valence-electron chi connectivity index (χ0n) is 21.2. The van der Waals surface area contributed by atoms with E-state index in [9.17, 15) is 14.7 Å². The number of nitrogens with one attached hydrogen (secondary N) is 3. The second-order valence-electron chi connectivity index (χ2n) is 11.1. The van der Waals surface area contributed by atoms with Crippen molar-refractivity contribution in [3.63, 3.8) is 0 Å². The Kier molecular flexibility index (Phi) is 9.21. The summed E-state index contributed by atoms with van der Waals surface area (Å²) >= 11 is 0. The molecule has 0 aromatic carbocycles. The van der Waals surface area contributed by atoms with Crippen LogP contribution in [0.5, 0.6) is 0 Å². The van der Waals surface area contributed by atoms with Crippen molar-refractivity contribution in [1.29, 1.82) is 0 Å². The second-order valence-corrected chi connectivity index (χ2v) is 11.1. The number of likely N-dealkylation sites (tertiary alicyclic amines) is 2. The van der Waals surface area contributed by atoms with Crippen molar-refractivity contribution in [2.45, 2.75) is 82.6 Å². The van der Waals surface area contributed by atoms with Crippen molar-refractivity contribution in [3.05, 3.63) is 0 Å². The summed E-state index contributed by atoms with van der Waals surface area (Å²) in [6.07, 6.45) is 8.81. The van der Waals surface area contributed by atoms with E-state index in [1.54, 1.807) is 11.8 Å². The molecule has 9 heteroatoms. The Morgan fingerprint density at radius 3 is 2.53 bits per heavy atom. The van der Waals surface area contributed by atoms with Crippen LogP contribution in [-0.4, -0.2) is 109 Å². The molecule has 4 rings (SSSR count). The van der Waals surface area contributed by atoms with Gasteiger partial charge in [0.25, 0.3) is 0 Å². The van der Waals surface area contributed by atoms with Crippen LogP contribution in [0.2, 0.25) is 0 Å². The molecule has 34 heavy (non-hydrogen) atoms. The number of piperidine rings is 2. The Labute approximate surface area is 205 Å². The minimum atomic E-state index is -0.517. The molecule has 0 spiro atoms. The number of hydrogen-bond acceptors (Lipinski definition) is 7. The molecule has 0 bridgehead atoms. The van der Waals surface area contributed by atoms with Crippen LogP contribution in [0, 0.1) is 11.8 Å². The number of likely N-dealkylation sites (N-methyl/N-ethyl adjacent to an activating group) is 1. The number of carbonyl (C=O) groups is 2. The summed E-state index contributed by atoms with van der Waals surface area (Å²) in [6.45, 7) is 6.99. The lowest BCUT2D eigenvalue weighted by atomic mass is 9.75. The van der Waals surface area contributed by atoms with Gasteiger partial charge < -0.3 is 19.8 Å². The number of fused-ring (bicyclic) bond motifs is 1. The predicted molar refractivity (Wildman–Crippen MR) is 132 cm³/mol. The van der Waals surface area contributed by atoms with E-state index in [1.165, 1.54) is 32.1 Å². The first-order valence-electron chi connectivity index (χ1n) is 13.5. The first kappa shape index (κ1) is 25.8. The fourth-order valence-corrected chi connectivity index (χ4v) is 6.54. The number of aliphatic hydroxyl groups excluding tert-OH is 1. The Morgan fingerprint density at radius 2 is 1.79 bits per heavy atom. The van der Waals surface area contributed by atoms with E-state index in [0.717, 1.165) is 50.9 Å². The minimum absolute atomic E-state index is 0.0461. The van der Waals surface area contributed by atoms with Crippen molar-refractivity contribution in [1.82, 2.24) is 30.7 Å². The number of rotatable bonds is 7. The topological polar surface area (TPSA) is 100 Å². The average Bonchev–Trinajstić information content (AvgIpc) is 2.84. The molecular formula is C25H46N6O3. The van der Waals surface area contributed by atoms with Gasteiger partial charge in [0.1, 0.15) is 0 Å². The highest BCUT2D eigenvalue weighted by Gasteiger charge is 2.33. The lowest BCUT2D eigenvalue weighted by molar-refractivity contribution is -0.135. The Balaban J connectivity index is 1.18. The quantitative estimate of drug-likeness (QED) is 0.413. The highest BCUT2D eigenvalue weighted by Crippen LogP contribution is 2.36. The molecule has 4 fully saturated rings. The molecule has 1 aliphatic carbocycles. The van der Waals surface area contributed by atoms with E-state index in [4.69, 9.17) is 0 Å². The number of carbonyl (C=O) groups excluding carboxylic acids is 2. The van der Waals surface area contributed by atoms with Crippen LogP contribution >= 0.6 is 0 Å². The molecule has 3 saturated heterocycles. The minimum Gasteiger partial charge on any atom is -0.390 e. The molecule has 3 aliphatic heterocycles. The number of amides is 2. The van der Waals surface area contributed by atoms with Crippen molar-refractivity contribution < 1.29 is 14.7 Å². The summed E-state index contributed by atoms with van der Waals surface area (Å²) < 4.78 is 0. The van der Waals surface area contributed by atoms with Crippen LogP contribution < -0.4 is 16.0 Å². The molecule has 1 saturated carbocycles. The van der Waals surface area contributed by atoms with E-state index >= 15 is 0 Å². The van der Waals surface area contributed by atoms with E-state index in [0.29, 0.717) is 32.2 Å². The highest BCUT2D eigenvalue weighted by atomic mass is 16.3. The Bertz CT molecular complexity index is 686. The predicted octanol–water partition coefficient (Wildman–Crippen LogP) is 0.153. The van der Waals surface area contributed by atoms with Gasteiger partial charge in [0.05, 0.1) is 18.3 Å². The molecule has 9 nitrogen and oxygen atoms in total. The van der Waals surface area contributed by atoms with Crippen molar-refractivity contribution in [2.75, 3.05) is 53.0 Å². The fourth-order valence-electron chi connectivity index (χ4n) is 6.54. The smallest absolute Gasteiger partial charge is 0.239 e. The van der Waals surface area contributed by atoms with E-state index in [1.807, 2.05) is 11.9 Å². The van der Waals surface area contributed by atoms with Crippen LogP contribution in [-0.2, 0) is 9.59 Å². The van der Waals surface area contributed by atoms with Crippen LogP contribution in [0.25, 0.3) is 0 Å². The molecule has 5 atom stereocenters. The van der Waals surface area contributed by atoms with E-state index in [2.05, 4.69) is 20.9 Å². The molecule has 2 amide bonds. The monoisotopic (exact) mass is 478 g/mol.